The molecule has 1 fully saturated rings. The monoisotopic (exact) mass is 419 g/mol. The van der Waals surface area contributed by atoms with Gasteiger partial charge in [0.1, 0.15) is 6.17 Å². The molecule has 0 spiro atoms. The summed E-state index contributed by atoms with van der Waals surface area (Å²) in [6.07, 6.45) is 7.87. The molecule has 2 aromatic carbocycles. The standard InChI is InChI=1S/C25H26ClN3O/c26-22-9-6-20(7-10-22)25-23(12-13-28-14-16-30-17-15-28)29-18-21(8-11-24(29)27-25)19-4-2-1-3-5-19/h1-11,18,24,27H,12-17H2. The maximum Gasteiger partial charge on any atom is 0.123 e. The lowest BCUT2D eigenvalue weighted by atomic mass is 10.0. The fourth-order valence-electron chi connectivity index (χ4n) is 4.30. The minimum Gasteiger partial charge on any atom is -0.379 e. The van der Waals surface area contributed by atoms with Gasteiger partial charge in [-0.2, -0.15) is 0 Å². The Labute approximate surface area is 183 Å². The van der Waals surface area contributed by atoms with Gasteiger partial charge in [0, 0.05) is 43.0 Å². The molecule has 3 heterocycles. The number of fused-ring (bicyclic) bond motifs is 1. The van der Waals surface area contributed by atoms with Crippen molar-refractivity contribution in [3.05, 3.63) is 94.8 Å². The van der Waals surface area contributed by atoms with Crippen LogP contribution in [0.2, 0.25) is 5.02 Å². The molecule has 0 saturated carbocycles. The van der Waals surface area contributed by atoms with Crippen LogP contribution in [0.3, 0.4) is 0 Å². The van der Waals surface area contributed by atoms with Crippen molar-refractivity contribution in [1.82, 2.24) is 15.1 Å². The van der Waals surface area contributed by atoms with Gasteiger partial charge in [0.25, 0.3) is 0 Å². The molecule has 0 radical (unpaired) electrons. The molecule has 0 aromatic heterocycles. The number of allylic oxidation sites excluding steroid dienone is 2. The summed E-state index contributed by atoms with van der Waals surface area (Å²) in [4.78, 5) is 4.89. The van der Waals surface area contributed by atoms with Crippen LogP contribution in [0.5, 0.6) is 0 Å². The Hall–Kier alpha value is -2.53. The molecule has 1 N–H and O–H groups in total. The van der Waals surface area contributed by atoms with Crippen LogP contribution in [0.4, 0.5) is 0 Å². The highest BCUT2D eigenvalue weighted by molar-refractivity contribution is 6.30. The Kier molecular flexibility index (Phi) is 5.63. The van der Waals surface area contributed by atoms with Crippen molar-refractivity contribution in [2.45, 2.75) is 12.6 Å². The van der Waals surface area contributed by atoms with Gasteiger partial charge < -0.3 is 15.0 Å². The molecule has 5 heteroatoms. The van der Waals surface area contributed by atoms with E-state index in [1.54, 1.807) is 0 Å². The van der Waals surface area contributed by atoms with Crippen LogP contribution in [-0.4, -0.2) is 48.8 Å². The van der Waals surface area contributed by atoms with E-state index in [0.717, 1.165) is 44.3 Å². The van der Waals surface area contributed by atoms with Gasteiger partial charge in [0.15, 0.2) is 0 Å². The van der Waals surface area contributed by atoms with Gasteiger partial charge in [-0.15, -0.1) is 0 Å². The zero-order valence-corrected chi connectivity index (χ0v) is 17.7. The second kappa shape index (κ2) is 8.68. The lowest BCUT2D eigenvalue weighted by molar-refractivity contribution is 0.0379. The molecule has 5 rings (SSSR count). The predicted molar refractivity (Wildman–Crippen MR) is 123 cm³/mol. The number of ether oxygens (including phenoxy) is 1. The van der Waals surface area contributed by atoms with Crippen LogP contribution in [0.15, 0.2) is 78.6 Å². The van der Waals surface area contributed by atoms with Gasteiger partial charge in [-0.05, 0) is 34.9 Å². The Morgan fingerprint density at radius 3 is 2.50 bits per heavy atom. The maximum absolute atomic E-state index is 6.14. The van der Waals surface area contributed by atoms with E-state index in [-0.39, 0.29) is 6.17 Å². The Balaban J connectivity index is 1.47. The van der Waals surface area contributed by atoms with Crippen molar-refractivity contribution < 1.29 is 4.74 Å². The van der Waals surface area contributed by atoms with E-state index in [0.29, 0.717) is 0 Å². The zero-order valence-electron chi connectivity index (χ0n) is 16.9. The van der Waals surface area contributed by atoms with E-state index in [1.165, 1.54) is 28.1 Å². The summed E-state index contributed by atoms with van der Waals surface area (Å²) in [5.41, 5.74) is 6.16. The molecule has 0 aliphatic carbocycles. The molecule has 3 aliphatic heterocycles. The summed E-state index contributed by atoms with van der Waals surface area (Å²) in [5, 5.41) is 4.49. The van der Waals surface area contributed by atoms with Gasteiger partial charge in [0.2, 0.25) is 0 Å². The first kappa shape index (κ1) is 19.4. The molecule has 3 aliphatic rings. The number of hydrogen-bond donors (Lipinski definition) is 1. The molecule has 2 aromatic rings. The maximum atomic E-state index is 6.14. The van der Waals surface area contributed by atoms with Gasteiger partial charge in [-0.1, -0.05) is 60.1 Å². The zero-order chi connectivity index (χ0) is 20.3. The van der Waals surface area contributed by atoms with Crippen molar-refractivity contribution in [3.8, 4) is 0 Å². The summed E-state index contributed by atoms with van der Waals surface area (Å²) in [7, 11) is 0. The SMILES string of the molecule is Clc1ccc(C2=C(CCN3CCOCC3)N3C=C(c4ccccc4)C=CC3N2)cc1. The highest BCUT2D eigenvalue weighted by Gasteiger charge is 2.31. The molecule has 1 saturated heterocycles. The number of nitrogens with one attached hydrogen (secondary N) is 1. The third-order valence-corrected chi connectivity index (χ3v) is 6.19. The van der Waals surface area contributed by atoms with Crippen LogP contribution in [0.25, 0.3) is 11.3 Å². The second-order valence-electron chi connectivity index (χ2n) is 7.84. The van der Waals surface area contributed by atoms with E-state index < -0.39 is 0 Å². The first-order chi connectivity index (χ1) is 14.8. The van der Waals surface area contributed by atoms with Gasteiger partial charge >= 0.3 is 0 Å². The molecule has 0 bridgehead atoms. The average Bonchev–Trinajstić information content (AvgIpc) is 3.17. The molecular weight excluding hydrogens is 394 g/mol. The number of morpholine rings is 1. The van der Waals surface area contributed by atoms with E-state index in [4.69, 9.17) is 16.3 Å². The molecule has 154 valence electrons. The fraction of sp³-hybridized carbons (Fsp3) is 0.280. The van der Waals surface area contributed by atoms with Gasteiger partial charge in [0.05, 0.1) is 18.9 Å². The van der Waals surface area contributed by atoms with Crippen molar-refractivity contribution in [2.24, 2.45) is 0 Å². The lowest BCUT2D eigenvalue weighted by Gasteiger charge is -2.30. The van der Waals surface area contributed by atoms with Crippen LogP contribution < -0.4 is 5.32 Å². The van der Waals surface area contributed by atoms with Gasteiger partial charge in [-0.3, -0.25) is 4.90 Å². The largest absolute Gasteiger partial charge is 0.379 e. The van der Waals surface area contributed by atoms with Crippen LogP contribution in [0.1, 0.15) is 17.5 Å². The van der Waals surface area contributed by atoms with Crippen molar-refractivity contribution in [2.75, 3.05) is 32.8 Å². The molecule has 1 unspecified atom stereocenters. The first-order valence-corrected chi connectivity index (χ1v) is 11.0. The van der Waals surface area contributed by atoms with Crippen LogP contribution >= 0.6 is 11.6 Å². The summed E-state index contributed by atoms with van der Waals surface area (Å²) < 4.78 is 5.51. The topological polar surface area (TPSA) is 27.7 Å². The summed E-state index contributed by atoms with van der Waals surface area (Å²) >= 11 is 6.14. The van der Waals surface area contributed by atoms with Gasteiger partial charge in [-0.25, -0.2) is 0 Å². The quantitative estimate of drug-likeness (QED) is 0.768. The molecule has 1 atom stereocenters. The highest BCUT2D eigenvalue weighted by atomic mass is 35.5. The second-order valence-corrected chi connectivity index (χ2v) is 8.28. The molecule has 30 heavy (non-hydrogen) atoms. The number of halogens is 1. The lowest BCUT2D eigenvalue weighted by Crippen LogP contribution is -2.38. The third kappa shape index (κ3) is 4.04. The van der Waals surface area contributed by atoms with Crippen LogP contribution in [0, 0.1) is 0 Å². The van der Waals surface area contributed by atoms with Crippen LogP contribution in [-0.2, 0) is 4.74 Å². The number of hydrogen-bond acceptors (Lipinski definition) is 4. The molecular formula is C25H26ClN3O. The van der Waals surface area contributed by atoms with E-state index in [9.17, 15) is 0 Å². The third-order valence-electron chi connectivity index (χ3n) is 5.94. The molecule has 0 amide bonds. The molecule has 4 nitrogen and oxygen atoms in total. The first-order valence-electron chi connectivity index (χ1n) is 10.6. The average molecular weight is 420 g/mol. The normalized spacial score (nSPS) is 21.4. The van der Waals surface area contributed by atoms with Crippen molar-refractivity contribution in [3.63, 3.8) is 0 Å². The van der Waals surface area contributed by atoms with Crippen molar-refractivity contribution in [1.29, 1.82) is 0 Å². The van der Waals surface area contributed by atoms with E-state index in [2.05, 4.69) is 75.9 Å². The Morgan fingerprint density at radius 1 is 0.967 bits per heavy atom. The Bertz CT molecular complexity index is 975. The van der Waals surface area contributed by atoms with E-state index >= 15 is 0 Å². The number of benzene rings is 2. The highest BCUT2D eigenvalue weighted by Crippen LogP contribution is 2.35. The predicted octanol–water partition coefficient (Wildman–Crippen LogP) is 4.57. The smallest absolute Gasteiger partial charge is 0.123 e. The van der Waals surface area contributed by atoms with E-state index in [1.807, 2.05) is 12.1 Å². The fourth-order valence-corrected chi connectivity index (χ4v) is 4.42. The number of rotatable bonds is 5. The number of nitrogens with zero attached hydrogens (tertiary/aromatic N) is 2. The summed E-state index contributed by atoms with van der Waals surface area (Å²) in [6, 6.07) is 18.7. The minimum atomic E-state index is 0.142. The summed E-state index contributed by atoms with van der Waals surface area (Å²) in [5.74, 6) is 0. The van der Waals surface area contributed by atoms with Crippen molar-refractivity contribution >= 4 is 22.9 Å². The Morgan fingerprint density at radius 2 is 1.73 bits per heavy atom. The minimum absolute atomic E-state index is 0.142. The summed E-state index contributed by atoms with van der Waals surface area (Å²) in [6.45, 7) is 4.69.